The van der Waals surface area contributed by atoms with Crippen LogP contribution in [0.2, 0.25) is 0 Å². The topological polar surface area (TPSA) is 43.8 Å². The van der Waals surface area contributed by atoms with Gasteiger partial charge < -0.3 is 5.73 Å². The van der Waals surface area contributed by atoms with Crippen LogP contribution < -0.4 is 5.73 Å². The molecule has 2 atom stereocenters. The molecule has 1 aliphatic carbocycles. The van der Waals surface area contributed by atoms with Crippen LogP contribution in [-0.2, 0) is 12.5 Å². The van der Waals surface area contributed by atoms with Gasteiger partial charge in [-0.05, 0) is 29.4 Å². The van der Waals surface area contributed by atoms with E-state index in [0.717, 1.165) is 6.54 Å². The fourth-order valence-corrected chi connectivity index (χ4v) is 3.12. The molecule has 3 heteroatoms. The molecule has 1 fully saturated rings. The van der Waals surface area contributed by atoms with Gasteiger partial charge in [0.2, 0.25) is 0 Å². The third-order valence-electron chi connectivity index (χ3n) is 4.21. The Bertz CT molecular complexity index is 423. The molecular weight excluding hydrogens is 210 g/mol. The zero-order valence-electron chi connectivity index (χ0n) is 11.9. The van der Waals surface area contributed by atoms with Gasteiger partial charge in [-0.15, -0.1) is 0 Å². The average Bonchev–Trinajstić information content (AvgIpc) is 2.51. The smallest absolute Gasteiger partial charge is 0.0712 e. The van der Waals surface area contributed by atoms with E-state index in [4.69, 9.17) is 5.73 Å². The number of hydrogen-bond donors (Lipinski definition) is 1. The molecule has 96 valence electrons. The van der Waals surface area contributed by atoms with Gasteiger partial charge in [-0.1, -0.05) is 34.6 Å². The highest BCUT2D eigenvalue weighted by Gasteiger charge is 2.58. The van der Waals surface area contributed by atoms with Crippen molar-refractivity contribution in [3.05, 3.63) is 17.5 Å². The molecule has 0 saturated heterocycles. The molecule has 0 radical (unpaired) electrons. The van der Waals surface area contributed by atoms with Crippen molar-refractivity contribution < 1.29 is 0 Å². The Morgan fingerprint density at radius 1 is 1.41 bits per heavy atom. The van der Waals surface area contributed by atoms with Crippen molar-refractivity contribution >= 4 is 0 Å². The summed E-state index contributed by atoms with van der Waals surface area (Å²) in [5.41, 5.74) is 8.95. The number of rotatable bonds is 2. The minimum absolute atomic E-state index is 0.106. The molecule has 0 bridgehead atoms. The number of aryl methyl sites for hydroxylation is 1. The third-order valence-corrected chi connectivity index (χ3v) is 4.21. The van der Waals surface area contributed by atoms with Crippen LogP contribution in [0.15, 0.2) is 6.20 Å². The third kappa shape index (κ3) is 1.90. The Hall–Kier alpha value is -0.830. The Labute approximate surface area is 104 Å². The first-order valence-electron chi connectivity index (χ1n) is 6.43. The predicted molar refractivity (Wildman–Crippen MR) is 71.0 cm³/mol. The van der Waals surface area contributed by atoms with E-state index in [2.05, 4.69) is 45.9 Å². The van der Waals surface area contributed by atoms with E-state index in [1.807, 2.05) is 11.7 Å². The maximum Gasteiger partial charge on any atom is 0.0712 e. The van der Waals surface area contributed by atoms with Crippen molar-refractivity contribution in [3.8, 4) is 0 Å². The average molecular weight is 235 g/mol. The van der Waals surface area contributed by atoms with Crippen LogP contribution in [0.25, 0.3) is 0 Å². The number of aromatic nitrogens is 2. The van der Waals surface area contributed by atoms with E-state index >= 15 is 0 Å². The van der Waals surface area contributed by atoms with E-state index in [-0.39, 0.29) is 5.41 Å². The van der Waals surface area contributed by atoms with Crippen LogP contribution in [0.4, 0.5) is 0 Å². The number of hydrogen-bond acceptors (Lipinski definition) is 2. The molecule has 1 saturated carbocycles. The van der Waals surface area contributed by atoms with Gasteiger partial charge in [0.1, 0.15) is 0 Å². The first-order valence-corrected chi connectivity index (χ1v) is 6.43. The minimum atomic E-state index is 0.106. The van der Waals surface area contributed by atoms with Crippen molar-refractivity contribution in [2.75, 3.05) is 6.54 Å². The summed E-state index contributed by atoms with van der Waals surface area (Å²) in [5.74, 6) is 1.18. The van der Waals surface area contributed by atoms with Crippen LogP contribution in [0.5, 0.6) is 0 Å². The molecule has 1 aromatic heterocycles. The lowest BCUT2D eigenvalue weighted by atomic mass is 9.87. The van der Waals surface area contributed by atoms with Gasteiger partial charge in [-0.25, -0.2) is 0 Å². The summed E-state index contributed by atoms with van der Waals surface area (Å²) in [7, 11) is 2.01. The minimum Gasteiger partial charge on any atom is -0.330 e. The Balaban J connectivity index is 2.41. The van der Waals surface area contributed by atoms with E-state index in [1.165, 1.54) is 11.3 Å². The Kier molecular flexibility index (Phi) is 2.66. The van der Waals surface area contributed by atoms with Crippen molar-refractivity contribution in [2.45, 2.75) is 46.0 Å². The van der Waals surface area contributed by atoms with Crippen LogP contribution in [0.3, 0.4) is 0 Å². The molecule has 0 spiro atoms. The van der Waals surface area contributed by atoms with Gasteiger partial charge in [-0.2, -0.15) is 5.10 Å². The van der Waals surface area contributed by atoms with E-state index in [9.17, 15) is 0 Å². The fraction of sp³-hybridized carbons (Fsp3) is 0.786. The number of nitrogens with zero attached hydrogens (tertiary/aromatic N) is 2. The van der Waals surface area contributed by atoms with Crippen molar-refractivity contribution in [3.63, 3.8) is 0 Å². The standard InChI is InChI=1S/C14H25N3/c1-13(2,3)12-9(8-17(6)16-12)11-10(7-15)14(11,4)5/h8,10-11H,7,15H2,1-6H3/t10-,11-/m0/s1. The summed E-state index contributed by atoms with van der Waals surface area (Å²) in [6, 6.07) is 0. The molecule has 1 heterocycles. The Morgan fingerprint density at radius 3 is 2.41 bits per heavy atom. The van der Waals surface area contributed by atoms with Crippen molar-refractivity contribution in [2.24, 2.45) is 24.1 Å². The van der Waals surface area contributed by atoms with Gasteiger partial charge >= 0.3 is 0 Å². The van der Waals surface area contributed by atoms with Gasteiger partial charge in [0.05, 0.1) is 5.69 Å². The van der Waals surface area contributed by atoms with Crippen LogP contribution in [-0.4, -0.2) is 16.3 Å². The highest BCUT2D eigenvalue weighted by molar-refractivity contribution is 5.36. The summed E-state index contributed by atoms with van der Waals surface area (Å²) in [6.07, 6.45) is 2.18. The molecule has 2 rings (SSSR count). The lowest BCUT2D eigenvalue weighted by Gasteiger charge is -2.18. The molecule has 3 nitrogen and oxygen atoms in total. The molecule has 0 amide bonds. The van der Waals surface area contributed by atoms with Crippen LogP contribution in [0.1, 0.15) is 51.8 Å². The maximum atomic E-state index is 5.88. The fourth-order valence-electron chi connectivity index (χ4n) is 3.12. The first-order chi connectivity index (χ1) is 7.69. The molecule has 1 aliphatic rings. The summed E-state index contributed by atoms with van der Waals surface area (Å²) in [6.45, 7) is 12.1. The summed E-state index contributed by atoms with van der Waals surface area (Å²) < 4.78 is 1.94. The first kappa shape index (κ1) is 12.6. The second-order valence-electron chi connectivity index (χ2n) is 7.00. The molecule has 2 N–H and O–H groups in total. The van der Waals surface area contributed by atoms with Crippen LogP contribution >= 0.6 is 0 Å². The van der Waals surface area contributed by atoms with Gasteiger partial charge in [0, 0.05) is 18.7 Å². The SMILES string of the molecule is Cn1cc([C@H]2[C@H](CN)C2(C)C)c(C(C)(C)C)n1. The largest absolute Gasteiger partial charge is 0.330 e. The molecular formula is C14H25N3. The van der Waals surface area contributed by atoms with E-state index < -0.39 is 0 Å². The molecule has 1 aromatic rings. The molecule has 0 aromatic carbocycles. The van der Waals surface area contributed by atoms with Crippen molar-refractivity contribution in [1.29, 1.82) is 0 Å². The zero-order valence-corrected chi connectivity index (χ0v) is 11.9. The van der Waals surface area contributed by atoms with Crippen LogP contribution in [0, 0.1) is 11.3 Å². The normalized spacial score (nSPS) is 27.2. The zero-order chi connectivity index (χ0) is 13.0. The maximum absolute atomic E-state index is 5.88. The van der Waals surface area contributed by atoms with Crippen molar-refractivity contribution in [1.82, 2.24) is 9.78 Å². The second-order valence-corrected chi connectivity index (χ2v) is 7.00. The quantitative estimate of drug-likeness (QED) is 0.855. The lowest BCUT2D eigenvalue weighted by Crippen LogP contribution is -2.15. The summed E-state index contributed by atoms with van der Waals surface area (Å²) in [4.78, 5) is 0. The summed E-state index contributed by atoms with van der Waals surface area (Å²) >= 11 is 0. The van der Waals surface area contributed by atoms with E-state index in [0.29, 0.717) is 17.3 Å². The van der Waals surface area contributed by atoms with Gasteiger partial charge in [0.25, 0.3) is 0 Å². The highest BCUT2D eigenvalue weighted by Crippen LogP contribution is 2.64. The summed E-state index contributed by atoms with van der Waals surface area (Å²) in [5, 5.41) is 4.65. The molecule has 17 heavy (non-hydrogen) atoms. The number of nitrogens with two attached hydrogens (primary N) is 1. The molecule has 0 unspecified atom stereocenters. The second kappa shape index (κ2) is 3.58. The van der Waals surface area contributed by atoms with E-state index in [1.54, 1.807) is 0 Å². The Morgan fingerprint density at radius 2 is 2.00 bits per heavy atom. The molecule has 0 aliphatic heterocycles. The van der Waals surface area contributed by atoms with Gasteiger partial charge in [-0.3, -0.25) is 4.68 Å². The predicted octanol–water partition coefficient (Wildman–Crippen LogP) is 2.42. The monoisotopic (exact) mass is 235 g/mol. The highest BCUT2D eigenvalue weighted by atomic mass is 15.3. The van der Waals surface area contributed by atoms with Gasteiger partial charge in [0.15, 0.2) is 0 Å². The lowest BCUT2D eigenvalue weighted by molar-refractivity contribution is 0.539.